The molecule has 1 aromatic heterocycles. The highest BCUT2D eigenvalue weighted by Crippen LogP contribution is 2.24. The van der Waals surface area contributed by atoms with Crippen LogP contribution in [-0.2, 0) is 6.42 Å². The number of hydrogen-bond acceptors (Lipinski definition) is 4. The summed E-state index contributed by atoms with van der Waals surface area (Å²) < 4.78 is 13.1. The van der Waals surface area contributed by atoms with E-state index in [-0.39, 0.29) is 11.9 Å². The first-order valence-electron chi connectivity index (χ1n) is 5.31. The number of thiazole rings is 1. The van der Waals surface area contributed by atoms with Crippen molar-refractivity contribution >= 4 is 11.3 Å². The number of rotatable bonds is 4. The van der Waals surface area contributed by atoms with Crippen molar-refractivity contribution < 1.29 is 4.39 Å². The van der Waals surface area contributed by atoms with E-state index < -0.39 is 0 Å². The van der Waals surface area contributed by atoms with Gasteiger partial charge in [0.15, 0.2) is 0 Å². The molecule has 0 amide bonds. The Morgan fingerprint density at radius 2 is 2.35 bits per heavy atom. The third-order valence-corrected chi connectivity index (χ3v) is 3.67. The van der Waals surface area contributed by atoms with E-state index in [0.717, 1.165) is 16.1 Å². The molecule has 0 aliphatic rings. The molecule has 3 N–H and O–H groups in total. The molecule has 0 spiro atoms. The van der Waals surface area contributed by atoms with Gasteiger partial charge < -0.3 is 0 Å². The lowest BCUT2D eigenvalue weighted by atomic mass is 10.0. The van der Waals surface area contributed by atoms with Crippen molar-refractivity contribution in [1.82, 2.24) is 10.4 Å². The first-order chi connectivity index (χ1) is 8.20. The van der Waals surface area contributed by atoms with E-state index in [4.69, 9.17) is 5.84 Å². The van der Waals surface area contributed by atoms with Gasteiger partial charge in [-0.25, -0.2) is 9.37 Å². The van der Waals surface area contributed by atoms with Crippen molar-refractivity contribution in [1.29, 1.82) is 0 Å². The molecule has 3 nitrogen and oxygen atoms in total. The van der Waals surface area contributed by atoms with E-state index in [0.29, 0.717) is 6.42 Å². The van der Waals surface area contributed by atoms with Gasteiger partial charge in [0, 0.05) is 4.88 Å². The highest BCUT2D eigenvalue weighted by molar-refractivity contribution is 7.09. The summed E-state index contributed by atoms with van der Waals surface area (Å²) in [5.74, 6) is 5.33. The largest absolute Gasteiger partial charge is 0.271 e. The number of hydrazine groups is 1. The second kappa shape index (κ2) is 5.35. The first-order valence-corrected chi connectivity index (χ1v) is 6.19. The van der Waals surface area contributed by atoms with E-state index >= 15 is 0 Å². The zero-order valence-electron chi connectivity index (χ0n) is 9.48. The maximum atomic E-state index is 13.1. The molecule has 0 bridgehead atoms. The van der Waals surface area contributed by atoms with Gasteiger partial charge in [0.2, 0.25) is 0 Å². The smallest absolute Gasteiger partial charge is 0.123 e. The average Bonchev–Trinajstić information content (AvgIpc) is 2.72. The number of hydrogen-bond donors (Lipinski definition) is 2. The van der Waals surface area contributed by atoms with Crippen LogP contribution < -0.4 is 11.3 Å². The molecule has 1 unspecified atom stereocenters. The second-order valence-corrected chi connectivity index (χ2v) is 4.74. The van der Waals surface area contributed by atoms with Gasteiger partial charge in [-0.1, -0.05) is 12.1 Å². The summed E-state index contributed by atoms with van der Waals surface area (Å²) in [4.78, 5) is 5.29. The molecular formula is C12H14FN3S. The van der Waals surface area contributed by atoms with Gasteiger partial charge in [0.25, 0.3) is 0 Å². The van der Waals surface area contributed by atoms with E-state index in [1.165, 1.54) is 12.1 Å². The fourth-order valence-corrected chi connectivity index (χ4v) is 2.64. The minimum Gasteiger partial charge on any atom is -0.271 e. The van der Waals surface area contributed by atoms with Crippen LogP contribution in [0.15, 0.2) is 29.8 Å². The van der Waals surface area contributed by atoms with Gasteiger partial charge in [-0.2, -0.15) is 0 Å². The lowest BCUT2D eigenvalue weighted by molar-refractivity contribution is 0.553. The van der Waals surface area contributed by atoms with Crippen molar-refractivity contribution in [3.63, 3.8) is 0 Å². The van der Waals surface area contributed by atoms with Gasteiger partial charge >= 0.3 is 0 Å². The number of nitrogens with two attached hydrogens (primary N) is 1. The fraction of sp³-hybridized carbons (Fsp3) is 0.250. The Balaban J connectivity index is 2.19. The Kier molecular flexibility index (Phi) is 3.83. The molecular weight excluding hydrogens is 237 g/mol. The number of aromatic nitrogens is 1. The lowest BCUT2D eigenvalue weighted by Crippen LogP contribution is -2.29. The van der Waals surface area contributed by atoms with Crippen LogP contribution in [0.1, 0.15) is 22.2 Å². The van der Waals surface area contributed by atoms with Crippen LogP contribution in [0.25, 0.3) is 0 Å². The number of nitrogens with zero attached hydrogens (tertiary/aromatic N) is 1. The SMILES string of the molecule is Cc1ncsc1C(Cc1cccc(F)c1)NN. The third kappa shape index (κ3) is 2.88. The Hall–Kier alpha value is -1.30. The minimum atomic E-state index is -0.223. The zero-order valence-corrected chi connectivity index (χ0v) is 10.3. The van der Waals surface area contributed by atoms with Crippen LogP contribution in [0.5, 0.6) is 0 Å². The Morgan fingerprint density at radius 3 is 2.94 bits per heavy atom. The number of halogens is 1. The predicted octanol–water partition coefficient (Wildman–Crippen LogP) is 2.34. The quantitative estimate of drug-likeness (QED) is 0.648. The molecule has 0 saturated heterocycles. The molecule has 1 heterocycles. The molecule has 5 heteroatoms. The second-order valence-electron chi connectivity index (χ2n) is 3.86. The summed E-state index contributed by atoms with van der Waals surface area (Å²) in [6.45, 7) is 1.95. The number of benzene rings is 1. The number of aryl methyl sites for hydroxylation is 1. The molecule has 17 heavy (non-hydrogen) atoms. The van der Waals surface area contributed by atoms with Crippen LogP contribution in [0.4, 0.5) is 4.39 Å². The Bertz CT molecular complexity index is 498. The highest BCUT2D eigenvalue weighted by atomic mass is 32.1. The Labute approximate surface area is 103 Å². The molecule has 0 aliphatic carbocycles. The van der Waals surface area contributed by atoms with Crippen LogP contribution in [0.3, 0.4) is 0 Å². The van der Waals surface area contributed by atoms with E-state index in [2.05, 4.69) is 10.4 Å². The van der Waals surface area contributed by atoms with Crippen LogP contribution >= 0.6 is 11.3 Å². The van der Waals surface area contributed by atoms with Gasteiger partial charge in [0.1, 0.15) is 5.82 Å². The van der Waals surface area contributed by atoms with Gasteiger partial charge in [0.05, 0.1) is 17.2 Å². The molecule has 1 aromatic carbocycles. The normalized spacial score (nSPS) is 12.6. The van der Waals surface area contributed by atoms with Crippen LogP contribution in [0, 0.1) is 12.7 Å². The monoisotopic (exact) mass is 251 g/mol. The Morgan fingerprint density at radius 1 is 1.53 bits per heavy atom. The maximum absolute atomic E-state index is 13.1. The first kappa shape index (κ1) is 12.2. The predicted molar refractivity (Wildman–Crippen MR) is 67.0 cm³/mol. The van der Waals surface area contributed by atoms with Crippen molar-refractivity contribution in [2.45, 2.75) is 19.4 Å². The topological polar surface area (TPSA) is 50.9 Å². The lowest BCUT2D eigenvalue weighted by Gasteiger charge is -2.15. The van der Waals surface area contributed by atoms with E-state index in [1.807, 2.05) is 13.0 Å². The maximum Gasteiger partial charge on any atom is 0.123 e. The average molecular weight is 251 g/mol. The van der Waals surface area contributed by atoms with Gasteiger partial charge in [-0.15, -0.1) is 11.3 Å². The van der Waals surface area contributed by atoms with Crippen molar-refractivity contribution in [3.05, 3.63) is 51.7 Å². The molecule has 2 rings (SSSR count). The summed E-state index contributed by atoms with van der Waals surface area (Å²) in [6, 6.07) is 6.54. The molecule has 1 atom stereocenters. The molecule has 0 fully saturated rings. The summed E-state index contributed by atoms with van der Waals surface area (Å²) in [7, 11) is 0. The molecule has 0 aliphatic heterocycles. The van der Waals surface area contributed by atoms with Crippen LogP contribution in [-0.4, -0.2) is 4.98 Å². The van der Waals surface area contributed by atoms with Crippen LogP contribution in [0.2, 0.25) is 0 Å². The van der Waals surface area contributed by atoms with E-state index in [9.17, 15) is 4.39 Å². The van der Waals surface area contributed by atoms with Gasteiger partial charge in [-0.05, 0) is 31.0 Å². The number of nitrogens with one attached hydrogen (secondary N) is 1. The third-order valence-electron chi connectivity index (χ3n) is 2.63. The summed E-state index contributed by atoms with van der Waals surface area (Å²) >= 11 is 1.56. The standard InChI is InChI=1S/C12H14FN3S/c1-8-12(17-7-15-8)11(16-14)6-9-3-2-4-10(13)5-9/h2-5,7,11,16H,6,14H2,1H3. The van der Waals surface area contributed by atoms with Crippen molar-refractivity contribution in [2.75, 3.05) is 0 Å². The molecule has 90 valence electrons. The summed E-state index contributed by atoms with van der Waals surface area (Å²) in [5, 5.41) is 0. The summed E-state index contributed by atoms with van der Waals surface area (Å²) in [5.41, 5.74) is 6.44. The zero-order chi connectivity index (χ0) is 12.3. The van der Waals surface area contributed by atoms with Crippen molar-refractivity contribution in [3.8, 4) is 0 Å². The van der Waals surface area contributed by atoms with Crippen molar-refractivity contribution in [2.24, 2.45) is 5.84 Å². The molecule has 0 saturated carbocycles. The van der Waals surface area contributed by atoms with E-state index in [1.54, 1.807) is 22.9 Å². The van der Waals surface area contributed by atoms with Gasteiger partial charge in [-0.3, -0.25) is 11.3 Å². The fourth-order valence-electron chi connectivity index (χ4n) is 1.77. The molecule has 0 radical (unpaired) electrons. The molecule has 2 aromatic rings. The minimum absolute atomic E-state index is 0.0238. The summed E-state index contributed by atoms with van der Waals surface area (Å²) in [6.07, 6.45) is 0.650. The highest BCUT2D eigenvalue weighted by Gasteiger charge is 2.15.